The van der Waals surface area contributed by atoms with Gasteiger partial charge in [-0.1, -0.05) is 24.5 Å². The minimum atomic E-state index is -0.578. The molecule has 100 valence electrons. The number of amides is 2. The van der Waals surface area contributed by atoms with Gasteiger partial charge in [-0.25, -0.2) is 10.2 Å². The van der Waals surface area contributed by atoms with Crippen LogP contribution in [0.15, 0.2) is 16.2 Å². The number of urea groups is 1. The van der Waals surface area contributed by atoms with Crippen molar-refractivity contribution in [3.8, 4) is 0 Å². The minimum Gasteiger partial charge on any atom is -0.350 e. The molecule has 0 aromatic heterocycles. The zero-order chi connectivity index (χ0) is 13.3. The molecule has 0 aromatic carbocycles. The number of rotatable bonds is 1. The number of primary amides is 1. The van der Waals surface area contributed by atoms with Crippen molar-refractivity contribution in [2.75, 3.05) is 0 Å². The summed E-state index contributed by atoms with van der Waals surface area (Å²) >= 11 is 0. The predicted molar refractivity (Wildman–Crippen MR) is 73.2 cm³/mol. The van der Waals surface area contributed by atoms with Crippen LogP contribution in [0.4, 0.5) is 4.79 Å². The summed E-state index contributed by atoms with van der Waals surface area (Å²) in [6.07, 6.45) is 5.77. The molecule has 2 atom stereocenters. The fourth-order valence-corrected chi connectivity index (χ4v) is 3.78. The Morgan fingerprint density at radius 1 is 1.44 bits per heavy atom. The third-order valence-corrected chi connectivity index (χ3v) is 4.40. The first-order valence-electron chi connectivity index (χ1n) is 6.74. The normalized spacial score (nSPS) is 33.4. The van der Waals surface area contributed by atoms with E-state index >= 15 is 0 Å². The molecular weight excluding hydrogens is 226 g/mol. The Morgan fingerprint density at radius 2 is 2.17 bits per heavy atom. The molecule has 3 N–H and O–H groups in total. The smallest absolute Gasteiger partial charge is 0.332 e. The number of allylic oxidation sites excluding steroid dienone is 2. The quantitative estimate of drug-likeness (QED) is 0.544. The van der Waals surface area contributed by atoms with Crippen LogP contribution in [0.5, 0.6) is 0 Å². The van der Waals surface area contributed by atoms with Crippen molar-refractivity contribution in [3.63, 3.8) is 0 Å². The highest BCUT2D eigenvalue weighted by atomic mass is 16.2. The fourth-order valence-electron chi connectivity index (χ4n) is 3.78. The van der Waals surface area contributed by atoms with E-state index < -0.39 is 6.03 Å². The lowest BCUT2D eigenvalue weighted by Gasteiger charge is -2.47. The number of fused-ring (bicyclic) bond motifs is 2. The van der Waals surface area contributed by atoms with E-state index in [1.54, 1.807) is 5.57 Å². The van der Waals surface area contributed by atoms with E-state index in [1.165, 1.54) is 18.4 Å². The molecular formula is C14H23N3O. The van der Waals surface area contributed by atoms with E-state index in [0.717, 1.165) is 25.0 Å². The van der Waals surface area contributed by atoms with E-state index in [2.05, 4.69) is 31.3 Å². The van der Waals surface area contributed by atoms with Crippen molar-refractivity contribution in [2.45, 2.75) is 52.9 Å². The maximum Gasteiger partial charge on any atom is 0.332 e. The van der Waals surface area contributed by atoms with Gasteiger partial charge < -0.3 is 5.73 Å². The van der Waals surface area contributed by atoms with Crippen LogP contribution in [0.3, 0.4) is 0 Å². The first-order chi connectivity index (χ1) is 8.44. The first-order valence-corrected chi connectivity index (χ1v) is 6.74. The van der Waals surface area contributed by atoms with Gasteiger partial charge in [-0.05, 0) is 44.9 Å². The van der Waals surface area contributed by atoms with Crippen LogP contribution in [-0.2, 0) is 0 Å². The Balaban J connectivity index is 2.32. The van der Waals surface area contributed by atoms with Crippen molar-refractivity contribution in [1.82, 2.24) is 5.43 Å². The van der Waals surface area contributed by atoms with E-state index in [-0.39, 0.29) is 0 Å². The van der Waals surface area contributed by atoms with Gasteiger partial charge in [0.2, 0.25) is 0 Å². The third kappa shape index (κ3) is 2.28. The number of hydrogen-bond donors (Lipinski definition) is 2. The van der Waals surface area contributed by atoms with Crippen LogP contribution in [0.2, 0.25) is 0 Å². The summed E-state index contributed by atoms with van der Waals surface area (Å²) in [7, 11) is 0. The van der Waals surface area contributed by atoms with E-state index in [1.807, 2.05) is 0 Å². The summed E-state index contributed by atoms with van der Waals surface area (Å²) in [5.41, 5.74) is 11.9. The zero-order valence-corrected chi connectivity index (χ0v) is 11.5. The van der Waals surface area contributed by atoms with Crippen molar-refractivity contribution in [2.24, 2.45) is 22.2 Å². The Labute approximate surface area is 109 Å². The van der Waals surface area contributed by atoms with Crippen molar-refractivity contribution in [1.29, 1.82) is 0 Å². The molecule has 2 amide bonds. The van der Waals surface area contributed by atoms with Gasteiger partial charge in [0.1, 0.15) is 0 Å². The number of nitrogens with zero attached hydrogens (tertiary/aromatic N) is 1. The second kappa shape index (κ2) is 4.75. The molecule has 2 rings (SSSR count). The standard InChI is InChI=1S/C14H23N3O/c1-9(2)12-10-5-4-7-14(12,3)8-6-11(10)16-17-13(15)18/h10H,4-8H2,1-3H3,(H3,15,17,18)/b16-11+. The molecule has 2 bridgehead atoms. The molecule has 2 aliphatic rings. The molecule has 2 saturated carbocycles. The molecule has 4 nitrogen and oxygen atoms in total. The predicted octanol–water partition coefficient (Wildman–Crippen LogP) is 2.95. The van der Waals surface area contributed by atoms with Crippen LogP contribution in [0.1, 0.15) is 52.9 Å². The summed E-state index contributed by atoms with van der Waals surface area (Å²) in [5, 5.41) is 4.22. The maximum atomic E-state index is 10.8. The van der Waals surface area contributed by atoms with Gasteiger partial charge in [0.25, 0.3) is 0 Å². The average Bonchev–Trinajstić information content (AvgIpc) is 2.26. The highest BCUT2D eigenvalue weighted by Crippen LogP contribution is 2.52. The number of nitrogens with two attached hydrogens (primary N) is 1. The van der Waals surface area contributed by atoms with Gasteiger partial charge in [-0.2, -0.15) is 5.10 Å². The Bertz CT molecular complexity index is 421. The summed E-state index contributed by atoms with van der Waals surface area (Å²) in [5.74, 6) is 0.411. The lowest BCUT2D eigenvalue weighted by Crippen LogP contribution is -2.40. The van der Waals surface area contributed by atoms with Crippen LogP contribution in [0, 0.1) is 11.3 Å². The SMILES string of the molecule is CC(C)=C1C2CCCC1(C)CC/C2=N\NC(N)=O. The molecule has 0 aliphatic heterocycles. The Hall–Kier alpha value is -1.32. The average molecular weight is 249 g/mol. The first kappa shape index (κ1) is 13.1. The maximum absolute atomic E-state index is 10.8. The van der Waals surface area contributed by atoms with Gasteiger partial charge >= 0.3 is 6.03 Å². The molecule has 0 heterocycles. The molecule has 0 aromatic rings. The molecule has 4 heteroatoms. The zero-order valence-electron chi connectivity index (χ0n) is 11.5. The van der Waals surface area contributed by atoms with Crippen LogP contribution >= 0.6 is 0 Å². The molecule has 0 spiro atoms. The fraction of sp³-hybridized carbons (Fsp3) is 0.714. The van der Waals surface area contributed by atoms with Gasteiger partial charge in [-0.15, -0.1) is 0 Å². The highest BCUT2D eigenvalue weighted by molar-refractivity contribution is 5.92. The van der Waals surface area contributed by atoms with Crippen molar-refractivity contribution >= 4 is 11.7 Å². The lowest BCUT2D eigenvalue weighted by molar-refractivity contribution is 0.240. The van der Waals surface area contributed by atoms with E-state index in [0.29, 0.717) is 11.3 Å². The van der Waals surface area contributed by atoms with Crippen molar-refractivity contribution in [3.05, 3.63) is 11.1 Å². The number of carbonyl (C=O) groups excluding carboxylic acids is 1. The topological polar surface area (TPSA) is 67.5 Å². The molecule has 0 radical (unpaired) electrons. The largest absolute Gasteiger partial charge is 0.350 e. The lowest BCUT2D eigenvalue weighted by atomic mass is 9.58. The number of nitrogens with one attached hydrogen (secondary N) is 1. The minimum absolute atomic E-state index is 0.341. The van der Waals surface area contributed by atoms with Crippen molar-refractivity contribution < 1.29 is 4.79 Å². The van der Waals surface area contributed by atoms with Crippen LogP contribution < -0.4 is 11.2 Å². The number of hydrazone groups is 1. The van der Waals surface area contributed by atoms with E-state index in [9.17, 15) is 4.79 Å². The second-order valence-corrected chi connectivity index (χ2v) is 6.00. The monoisotopic (exact) mass is 249 g/mol. The molecule has 2 aliphatic carbocycles. The van der Waals surface area contributed by atoms with Gasteiger partial charge in [0.15, 0.2) is 0 Å². The molecule has 2 fully saturated rings. The third-order valence-electron chi connectivity index (χ3n) is 4.40. The highest BCUT2D eigenvalue weighted by Gasteiger charge is 2.43. The second-order valence-electron chi connectivity index (χ2n) is 6.00. The Morgan fingerprint density at radius 3 is 2.78 bits per heavy atom. The molecule has 0 saturated heterocycles. The summed E-state index contributed by atoms with van der Waals surface area (Å²) in [6.45, 7) is 6.76. The number of hydrogen-bond acceptors (Lipinski definition) is 2. The summed E-state index contributed by atoms with van der Waals surface area (Å²) < 4.78 is 0. The van der Waals surface area contributed by atoms with Gasteiger partial charge in [0, 0.05) is 11.6 Å². The molecule has 18 heavy (non-hydrogen) atoms. The van der Waals surface area contributed by atoms with Crippen LogP contribution in [-0.4, -0.2) is 11.7 Å². The Kier molecular flexibility index (Phi) is 3.46. The summed E-state index contributed by atoms with van der Waals surface area (Å²) in [6, 6.07) is -0.578. The van der Waals surface area contributed by atoms with E-state index in [4.69, 9.17) is 5.73 Å². The number of carbonyl (C=O) groups is 1. The van der Waals surface area contributed by atoms with Gasteiger partial charge in [-0.3, -0.25) is 0 Å². The molecule has 2 unspecified atom stereocenters. The van der Waals surface area contributed by atoms with Crippen LogP contribution in [0.25, 0.3) is 0 Å². The summed E-state index contributed by atoms with van der Waals surface area (Å²) in [4.78, 5) is 10.8. The van der Waals surface area contributed by atoms with Gasteiger partial charge in [0.05, 0.1) is 0 Å².